The van der Waals surface area contributed by atoms with Gasteiger partial charge in [-0.1, -0.05) is 11.8 Å². The predicted molar refractivity (Wildman–Crippen MR) is 69.2 cm³/mol. The highest BCUT2D eigenvalue weighted by molar-refractivity contribution is 5.94. The van der Waals surface area contributed by atoms with E-state index in [1.165, 1.54) is 19.2 Å². The smallest absolute Gasteiger partial charge is 0.251 e. The molecule has 0 aliphatic carbocycles. The maximum absolute atomic E-state index is 13.7. The molecule has 0 fully saturated rings. The SMILES string of the molecule is COCCNC(=O)c1ccc(C#CCCO)c(F)c1. The molecule has 0 radical (unpaired) electrons. The first kappa shape index (κ1) is 15.2. The molecule has 1 aromatic rings. The topological polar surface area (TPSA) is 58.6 Å². The minimum atomic E-state index is -0.551. The number of carbonyl (C=O) groups is 1. The second kappa shape index (κ2) is 8.25. The van der Waals surface area contributed by atoms with E-state index in [2.05, 4.69) is 17.2 Å². The molecule has 0 aliphatic rings. The van der Waals surface area contributed by atoms with Crippen LogP contribution in [-0.2, 0) is 4.74 Å². The number of halogens is 1. The summed E-state index contributed by atoms with van der Waals surface area (Å²) in [5.74, 6) is 4.31. The highest BCUT2D eigenvalue weighted by atomic mass is 19.1. The normalized spacial score (nSPS) is 9.63. The molecule has 0 aromatic heterocycles. The summed E-state index contributed by atoms with van der Waals surface area (Å²) in [5.41, 5.74) is 0.447. The van der Waals surface area contributed by atoms with E-state index in [0.717, 1.165) is 6.07 Å². The summed E-state index contributed by atoms with van der Waals surface area (Å²) < 4.78 is 18.5. The van der Waals surface area contributed by atoms with Gasteiger partial charge in [-0.2, -0.15) is 0 Å². The number of hydrogen-bond acceptors (Lipinski definition) is 3. The summed E-state index contributed by atoms with van der Waals surface area (Å²) in [4.78, 5) is 11.6. The van der Waals surface area contributed by atoms with Gasteiger partial charge < -0.3 is 15.2 Å². The van der Waals surface area contributed by atoms with Crippen LogP contribution in [0.1, 0.15) is 22.3 Å². The van der Waals surface area contributed by atoms with Crippen LogP contribution in [0.3, 0.4) is 0 Å². The first-order chi connectivity index (χ1) is 9.19. The molecular formula is C14H16FNO3. The first-order valence-electron chi connectivity index (χ1n) is 5.85. The maximum Gasteiger partial charge on any atom is 0.251 e. The molecule has 2 N–H and O–H groups in total. The average Bonchev–Trinajstić information content (AvgIpc) is 2.41. The van der Waals surface area contributed by atoms with Crippen molar-refractivity contribution in [1.82, 2.24) is 5.32 Å². The van der Waals surface area contributed by atoms with Gasteiger partial charge in [0, 0.05) is 25.6 Å². The van der Waals surface area contributed by atoms with Gasteiger partial charge in [0.25, 0.3) is 5.91 Å². The summed E-state index contributed by atoms with van der Waals surface area (Å²) >= 11 is 0. The average molecular weight is 265 g/mol. The number of aliphatic hydroxyl groups excluding tert-OH is 1. The third-order valence-electron chi connectivity index (χ3n) is 2.28. The van der Waals surface area contributed by atoms with Crippen molar-refractivity contribution in [2.24, 2.45) is 0 Å². The van der Waals surface area contributed by atoms with E-state index in [9.17, 15) is 9.18 Å². The molecule has 1 rings (SSSR count). The van der Waals surface area contributed by atoms with Crippen LogP contribution in [0.2, 0.25) is 0 Å². The standard InChI is InChI=1S/C14H16FNO3/c1-19-9-7-16-14(18)12-6-5-11(13(15)10-12)4-2-3-8-17/h5-6,10,17H,3,7-9H2,1H3,(H,16,18). The van der Waals surface area contributed by atoms with Gasteiger partial charge in [-0.15, -0.1) is 0 Å². The van der Waals surface area contributed by atoms with Gasteiger partial charge >= 0.3 is 0 Å². The Morgan fingerprint density at radius 2 is 2.32 bits per heavy atom. The van der Waals surface area contributed by atoms with Crippen molar-refractivity contribution in [2.75, 3.05) is 26.9 Å². The fourth-order valence-electron chi connectivity index (χ4n) is 1.34. The zero-order valence-corrected chi connectivity index (χ0v) is 10.7. The molecule has 5 heteroatoms. The minimum absolute atomic E-state index is 0.0609. The van der Waals surface area contributed by atoms with Crippen LogP contribution in [0.15, 0.2) is 18.2 Å². The van der Waals surface area contributed by atoms with Crippen molar-refractivity contribution < 1.29 is 19.0 Å². The molecule has 102 valence electrons. The molecule has 0 heterocycles. The predicted octanol–water partition coefficient (Wildman–Crippen LogP) is 0.936. The largest absolute Gasteiger partial charge is 0.395 e. The molecular weight excluding hydrogens is 249 g/mol. The number of nitrogens with one attached hydrogen (secondary N) is 1. The molecule has 0 saturated carbocycles. The summed E-state index contributed by atoms with van der Waals surface area (Å²) in [6, 6.07) is 4.10. The zero-order chi connectivity index (χ0) is 14.1. The van der Waals surface area contributed by atoms with Crippen LogP contribution in [-0.4, -0.2) is 37.9 Å². The minimum Gasteiger partial charge on any atom is -0.395 e. The molecule has 19 heavy (non-hydrogen) atoms. The van der Waals surface area contributed by atoms with Gasteiger partial charge in [0.15, 0.2) is 0 Å². The molecule has 0 atom stereocenters. The lowest BCUT2D eigenvalue weighted by Gasteiger charge is -2.05. The number of amides is 1. The number of hydrogen-bond donors (Lipinski definition) is 2. The van der Waals surface area contributed by atoms with Gasteiger partial charge in [-0.25, -0.2) is 4.39 Å². The van der Waals surface area contributed by atoms with Crippen LogP contribution < -0.4 is 5.32 Å². The number of rotatable bonds is 5. The summed E-state index contributed by atoms with van der Waals surface area (Å²) in [7, 11) is 1.53. The Labute approximate surface area is 111 Å². The van der Waals surface area contributed by atoms with E-state index in [0.29, 0.717) is 19.6 Å². The van der Waals surface area contributed by atoms with Crippen molar-refractivity contribution in [2.45, 2.75) is 6.42 Å². The van der Waals surface area contributed by atoms with E-state index in [4.69, 9.17) is 9.84 Å². The van der Waals surface area contributed by atoms with E-state index in [1.807, 2.05) is 0 Å². The molecule has 0 aliphatic heterocycles. The Hall–Kier alpha value is -1.90. The Morgan fingerprint density at radius 1 is 1.53 bits per heavy atom. The van der Waals surface area contributed by atoms with Crippen molar-refractivity contribution in [1.29, 1.82) is 0 Å². The summed E-state index contributed by atoms with van der Waals surface area (Å²) in [5, 5.41) is 11.2. The van der Waals surface area contributed by atoms with Gasteiger partial charge in [0.2, 0.25) is 0 Å². The van der Waals surface area contributed by atoms with Gasteiger partial charge in [0.05, 0.1) is 18.8 Å². The maximum atomic E-state index is 13.7. The lowest BCUT2D eigenvalue weighted by Crippen LogP contribution is -2.27. The third-order valence-corrected chi connectivity index (χ3v) is 2.28. The quantitative estimate of drug-likeness (QED) is 0.615. The highest BCUT2D eigenvalue weighted by Crippen LogP contribution is 2.09. The number of aliphatic hydroxyl groups is 1. The number of ether oxygens (including phenoxy) is 1. The number of methoxy groups -OCH3 is 1. The van der Waals surface area contributed by atoms with Crippen LogP contribution >= 0.6 is 0 Å². The molecule has 1 aromatic carbocycles. The molecule has 1 amide bonds. The highest BCUT2D eigenvalue weighted by Gasteiger charge is 2.08. The fourth-order valence-corrected chi connectivity index (χ4v) is 1.34. The van der Waals surface area contributed by atoms with E-state index in [-0.39, 0.29) is 23.6 Å². The molecule has 0 spiro atoms. The van der Waals surface area contributed by atoms with Gasteiger partial charge in [0.1, 0.15) is 5.82 Å². The first-order valence-corrected chi connectivity index (χ1v) is 5.85. The van der Waals surface area contributed by atoms with E-state index in [1.54, 1.807) is 0 Å². The van der Waals surface area contributed by atoms with E-state index >= 15 is 0 Å². The monoisotopic (exact) mass is 265 g/mol. The van der Waals surface area contributed by atoms with Crippen molar-refractivity contribution in [3.8, 4) is 11.8 Å². The second-order valence-corrected chi connectivity index (χ2v) is 3.72. The number of carbonyl (C=O) groups excluding carboxylic acids is 1. The summed E-state index contributed by atoms with van der Waals surface area (Å²) in [6.45, 7) is 0.711. The van der Waals surface area contributed by atoms with Crippen LogP contribution in [0, 0.1) is 17.7 Å². The molecule has 0 bridgehead atoms. The number of benzene rings is 1. The second-order valence-electron chi connectivity index (χ2n) is 3.72. The van der Waals surface area contributed by atoms with Crippen LogP contribution in [0.25, 0.3) is 0 Å². The van der Waals surface area contributed by atoms with Crippen molar-refractivity contribution in [3.63, 3.8) is 0 Å². The Bertz CT molecular complexity index is 491. The Balaban J connectivity index is 2.71. The molecule has 0 unspecified atom stereocenters. The van der Waals surface area contributed by atoms with Gasteiger partial charge in [-0.05, 0) is 18.2 Å². The Morgan fingerprint density at radius 3 is 2.95 bits per heavy atom. The molecule has 4 nitrogen and oxygen atoms in total. The summed E-state index contributed by atoms with van der Waals surface area (Å²) in [6.07, 6.45) is 0.290. The zero-order valence-electron chi connectivity index (χ0n) is 10.7. The van der Waals surface area contributed by atoms with Crippen LogP contribution in [0.5, 0.6) is 0 Å². The lowest BCUT2D eigenvalue weighted by atomic mass is 10.1. The lowest BCUT2D eigenvalue weighted by molar-refractivity contribution is 0.0936. The fraction of sp³-hybridized carbons (Fsp3) is 0.357. The van der Waals surface area contributed by atoms with Crippen molar-refractivity contribution in [3.05, 3.63) is 35.1 Å². The van der Waals surface area contributed by atoms with Gasteiger partial charge in [-0.3, -0.25) is 4.79 Å². The third kappa shape index (κ3) is 5.08. The van der Waals surface area contributed by atoms with Crippen molar-refractivity contribution >= 4 is 5.91 Å². The Kier molecular flexibility index (Phi) is 6.58. The van der Waals surface area contributed by atoms with Crippen LogP contribution in [0.4, 0.5) is 4.39 Å². The van der Waals surface area contributed by atoms with E-state index < -0.39 is 5.82 Å². The molecule has 0 saturated heterocycles.